The minimum atomic E-state index is -0.200. The molecule has 0 saturated heterocycles. The maximum Gasteiger partial charge on any atom is 0.181 e. The van der Waals surface area contributed by atoms with Crippen molar-refractivity contribution in [2.45, 2.75) is 52.4 Å². The number of nitrogen functional groups attached to an aromatic ring is 1. The Morgan fingerprint density at radius 1 is 1.00 bits per heavy atom. The molecule has 4 rings (SSSR count). The van der Waals surface area contributed by atoms with Crippen LogP contribution in [0.3, 0.4) is 0 Å². The van der Waals surface area contributed by atoms with Gasteiger partial charge in [-0.25, -0.2) is 4.98 Å². The van der Waals surface area contributed by atoms with Gasteiger partial charge in [-0.15, -0.1) is 0 Å². The molecule has 4 heteroatoms. The molecular formula is C28H29N3S. The average molecular weight is 440 g/mol. The molecule has 0 aliphatic carbocycles. The van der Waals surface area contributed by atoms with Gasteiger partial charge in [0.25, 0.3) is 0 Å². The van der Waals surface area contributed by atoms with Crippen LogP contribution in [-0.4, -0.2) is 4.98 Å². The Labute approximate surface area is 194 Å². The molecule has 0 fully saturated rings. The lowest BCUT2D eigenvalue weighted by Gasteiger charge is -2.28. The van der Waals surface area contributed by atoms with Gasteiger partial charge in [0.2, 0.25) is 0 Å². The van der Waals surface area contributed by atoms with Crippen molar-refractivity contribution in [3.8, 4) is 17.2 Å². The standard InChI is InChI=1S/C28H29N3S/c1-5-6-7-24-18(2)14-23(15-21(24)17-29)28(3,4)22-11-8-19(9-12-22)20-10-13-25-26(16-20)32-27(30)31-25/h8-16H,5-7H2,1-4H3,(H2,30,31). The van der Waals surface area contributed by atoms with Crippen LogP contribution in [0, 0.1) is 18.3 Å². The van der Waals surface area contributed by atoms with Crippen molar-refractivity contribution in [2.24, 2.45) is 0 Å². The number of thiazole rings is 1. The Kier molecular flexibility index (Phi) is 6.04. The van der Waals surface area contributed by atoms with Gasteiger partial charge in [-0.2, -0.15) is 5.26 Å². The van der Waals surface area contributed by atoms with Crippen LogP contribution >= 0.6 is 11.3 Å². The van der Waals surface area contributed by atoms with E-state index in [4.69, 9.17) is 5.73 Å². The summed E-state index contributed by atoms with van der Waals surface area (Å²) in [5.41, 5.74) is 14.6. The third kappa shape index (κ3) is 4.13. The number of nitrogens with zero attached hydrogens (tertiary/aromatic N) is 2. The molecule has 0 saturated carbocycles. The molecule has 0 bridgehead atoms. The number of anilines is 1. The number of aryl methyl sites for hydroxylation is 1. The molecule has 3 nitrogen and oxygen atoms in total. The molecule has 0 amide bonds. The smallest absolute Gasteiger partial charge is 0.181 e. The van der Waals surface area contributed by atoms with Crippen molar-refractivity contribution in [2.75, 3.05) is 5.73 Å². The second-order valence-electron chi connectivity index (χ2n) is 8.97. The molecule has 162 valence electrons. The quantitative estimate of drug-likeness (QED) is 0.340. The SMILES string of the molecule is CCCCc1c(C)cc(C(C)(C)c2ccc(-c3ccc4nc(N)sc4c3)cc2)cc1C#N. The molecule has 4 aromatic rings. The van der Waals surface area contributed by atoms with Crippen LogP contribution in [0.2, 0.25) is 0 Å². The first-order chi connectivity index (χ1) is 15.3. The van der Waals surface area contributed by atoms with Crippen LogP contribution in [0.4, 0.5) is 5.13 Å². The highest BCUT2D eigenvalue weighted by atomic mass is 32.1. The zero-order valence-electron chi connectivity index (χ0n) is 19.2. The Morgan fingerprint density at radius 3 is 2.41 bits per heavy atom. The van der Waals surface area contributed by atoms with Crippen LogP contribution < -0.4 is 5.73 Å². The first kappa shape index (κ1) is 22.0. The van der Waals surface area contributed by atoms with E-state index < -0.39 is 0 Å². The van der Waals surface area contributed by atoms with E-state index in [1.807, 2.05) is 6.07 Å². The van der Waals surface area contributed by atoms with Crippen LogP contribution in [-0.2, 0) is 11.8 Å². The normalized spacial score (nSPS) is 11.6. The second kappa shape index (κ2) is 8.76. The first-order valence-corrected chi connectivity index (χ1v) is 12.0. The molecular weight excluding hydrogens is 410 g/mol. The fraction of sp³-hybridized carbons (Fsp3) is 0.286. The Morgan fingerprint density at radius 2 is 1.72 bits per heavy atom. The number of hydrogen-bond donors (Lipinski definition) is 1. The maximum absolute atomic E-state index is 9.78. The minimum absolute atomic E-state index is 0.200. The van der Waals surface area contributed by atoms with E-state index in [0.29, 0.717) is 5.13 Å². The molecule has 0 aliphatic heterocycles. The molecule has 0 spiro atoms. The fourth-order valence-electron chi connectivity index (χ4n) is 4.33. The Hall–Kier alpha value is -3.16. The molecule has 1 aromatic heterocycles. The van der Waals surface area contributed by atoms with Crippen molar-refractivity contribution >= 4 is 26.7 Å². The van der Waals surface area contributed by atoms with E-state index in [1.54, 1.807) is 0 Å². The summed E-state index contributed by atoms with van der Waals surface area (Å²) in [7, 11) is 0. The van der Waals surface area contributed by atoms with Crippen LogP contribution in [0.25, 0.3) is 21.3 Å². The number of rotatable bonds is 6. The van der Waals surface area contributed by atoms with E-state index in [1.165, 1.54) is 39.2 Å². The molecule has 32 heavy (non-hydrogen) atoms. The van der Waals surface area contributed by atoms with Gasteiger partial charge in [0.15, 0.2) is 5.13 Å². The van der Waals surface area contributed by atoms with E-state index in [0.717, 1.165) is 40.6 Å². The molecule has 1 heterocycles. The van der Waals surface area contributed by atoms with Crippen LogP contribution in [0.1, 0.15) is 61.4 Å². The van der Waals surface area contributed by atoms with Gasteiger partial charge in [0.1, 0.15) is 0 Å². The summed E-state index contributed by atoms with van der Waals surface area (Å²) in [6.45, 7) is 8.79. The number of nitriles is 1. The topological polar surface area (TPSA) is 62.7 Å². The highest BCUT2D eigenvalue weighted by Gasteiger charge is 2.25. The van der Waals surface area contributed by atoms with E-state index in [2.05, 4.69) is 87.3 Å². The summed E-state index contributed by atoms with van der Waals surface area (Å²) in [6.07, 6.45) is 3.21. The van der Waals surface area contributed by atoms with Gasteiger partial charge in [-0.3, -0.25) is 0 Å². The predicted octanol–water partition coefficient (Wildman–Crippen LogP) is 7.39. The monoisotopic (exact) mass is 439 g/mol. The van der Waals surface area contributed by atoms with Gasteiger partial charge < -0.3 is 5.73 Å². The molecule has 2 N–H and O–H groups in total. The molecule has 0 unspecified atom stereocenters. The molecule has 3 aromatic carbocycles. The van der Waals surface area contributed by atoms with E-state index in [9.17, 15) is 5.26 Å². The van der Waals surface area contributed by atoms with Gasteiger partial charge in [0.05, 0.1) is 21.8 Å². The third-order valence-corrected chi connectivity index (χ3v) is 7.29. The summed E-state index contributed by atoms with van der Waals surface area (Å²) >= 11 is 1.52. The van der Waals surface area contributed by atoms with E-state index >= 15 is 0 Å². The van der Waals surface area contributed by atoms with Gasteiger partial charge >= 0.3 is 0 Å². The summed E-state index contributed by atoms with van der Waals surface area (Å²) < 4.78 is 1.10. The highest BCUT2D eigenvalue weighted by molar-refractivity contribution is 7.22. The lowest BCUT2D eigenvalue weighted by molar-refractivity contribution is 0.639. The van der Waals surface area contributed by atoms with Gasteiger partial charge in [-0.1, -0.05) is 74.9 Å². The zero-order valence-corrected chi connectivity index (χ0v) is 20.0. The van der Waals surface area contributed by atoms with Crippen molar-refractivity contribution in [1.82, 2.24) is 4.98 Å². The predicted molar refractivity (Wildman–Crippen MR) is 136 cm³/mol. The van der Waals surface area contributed by atoms with Crippen molar-refractivity contribution < 1.29 is 0 Å². The number of benzene rings is 3. The van der Waals surface area contributed by atoms with Crippen molar-refractivity contribution in [1.29, 1.82) is 5.26 Å². The number of hydrogen-bond acceptors (Lipinski definition) is 4. The third-order valence-electron chi connectivity index (χ3n) is 6.44. The summed E-state index contributed by atoms with van der Waals surface area (Å²) in [5, 5.41) is 10.4. The van der Waals surface area contributed by atoms with Crippen LogP contribution in [0.15, 0.2) is 54.6 Å². The molecule has 0 radical (unpaired) electrons. The zero-order chi connectivity index (χ0) is 22.9. The van der Waals surface area contributed by atoms with Gasteiger partial charge in [0, 0.05) is 5.41 Å². The fourth-order valence-corrected chi connectivity index (χ4v) is 5.10. The van der Waals surface area contributed by atoms with Crippen molar-refractivity contribution in [3.05, 3.63) is 82.4 Å². The second-order valence-corrected chi connectivity index (χ2v) is 10.0. The number of aromatic nitrogens is 1. The van der Waals surface area contributed by atoms with Gasteiger partial charge in [-0.05, 0) is 71.3 Å². The highest BCUT2D eigenvalue weighted by Crippen LogP contribution is 2.36. The summed E-state index contributed by atoms with van der Waals surface area (Å²) in [4.78, 5) is 4.34. The maximum atomic E-state index is 9.78. The average Bonchev–Trinajstić information content (AvgIpc) is 3.17. The number of nitrogens with two attached hydrogens (primary N) is 1. The number of fused-ring (bicyclic) bond motifs is 1. The number of unbranched alkanes of at least 4 members (excludes halogenated alkanes) is 1. The Balaban J connectivity index is 1.66. The Bertz CT molecular complexity index is 1310. The summed E-state index contributed by atoms with van der Waals surface area (Å²) in [6, 6.07) is 21.8. The first-order valence-electron chi connectivity index (χ1n) is 11.1. The van der Waals surface area contributed by atoms with Crippen LogP contribution in [0.5, 0.6) is 0 Å². The summed E-state index contributed by atoms with van der Waals surface area (Å²) in [5.74, 6) is 0. The lowest BCUT2D eigenvalue weighted by atomic mass is 9.76. The molecule has 0 aliphatic rings. The molecule has 0 atom stereocenters. The largest absolute Gasteiger partial charge is 0.375 e. The lowest BCUT2D eigenvalue weighted by Crippen LogP contribution is -2.19. The van der Waals surface area contributed by atoms with Crippen molar-refractivity contribution in [3.63, 3.8) is 0 Å². The minimum Gasteiger partial charge on any atom is -0.375 e. The van der Waals surface area contributed by atoms with E-state index in [-0.39, 0.29) is 5.41 Å².